The van der Waals surface area contributed by atoms with Crippen LogP contribution in [0.5, 0.6) is 0 Å². The molecule has 7 heteroatoms. The molecular weight excluding hydrogens is 383 g/mol. The highest BCUT2D eigenvalue weighted by Gasteiger charge is 2.37. The largest absolute Gasteiger partial charge is 0.354 e. The molecule has 0 radical (unpaired) electrons. The van der Waals surface area contributed by atoms with E-state index >= 15 is 0 Å². The number of nitrogens with one attached hydrogen (secondary N) is 2. The average molecular weight is 419 g/mol. The van der Waals surface area contributed by atoms with E-state index in [-0.39, 0.29) is 23.8 Å². The minimum Gasteiger partial charge on any atom is -0.354 e. The molecule has 0 bridgehead atoms. The number of rotatable bonds is 7. The Hall–Kier alpha value is -2.15. The van der Waals surface area contributed by atoms with Gasteiger partial charge in [-0.2, -0.15) is 0 Å². The lowest BCUT2D eigenvalue weighted by Crippen LogP contribution is -2.58. The third-order valence-corrected chi connectivity index (χ3v) is 6.51. The molecule has 166 valence electrons. The molecule has 0 unspecified atom stereocenters. The predicted molar refractivity (Wildman–Crippen MR) is 117 cm³/mol. The van der Waals surface area contributed by atoms with E-state index in [2.05, 4.69) is 29.4 Å². The molecule has 1 saturated heterocycles. The summed E-state index contributed by atoms with van der Waals surface area (Å²) < 4.78 is 13.3. The van der Waals surface area contributed by atoms with Crippen molar-refractivity contribution in [1.29, 1.82) is 0 Å². The second-order valence-corrected chi connectivity index (χ2v) is 8.71. The van der Waals surface area contributed by atoms with Gasteiger partial charge in [0.05, 0.1) is 6.04 Å². The van der Waals surface area contributed by atoms with Crippen molar-refractivity contribution < 1.29 is 14.0 Å². The molecule has 1 aromatic rings. The lowest BCUT2D eigenvalue weighted by Gasteiger charge is -2.40. The van der Waals surface area contributed by atoms with Gasteiger partial charge in [-0.05, 0) is 42.9 Å². The SMILES string of the molecule is CC[C@@H](C)CNC(=O)[C@@H](C1CCCC1)N1CCN(C(=O)Nc2cccc(F)c2)CC1. The van der Waals surface area contributed by atoms with Crippen molar-refractivity contribution in [2.24, 2.45) is 11.8 Å². The van der Waals surface area contributed by atoms with Crippen LogP contribution < -0.4 is 10.6 Å². The zero-order valence-electron chi connectivity index (χ0n) is 18.2. The van der Waals surface area contributed by atoms with E-state index in [9.17, 15) is 14.0 Å². The van der Waals surface area contributed by atoms with Gasteiger partial charge in [-0.25, -0.2) is 9.18 Å². The quantitative estimate of drug-likeness (QED) is 0.710. The van der Waals surface area contributed by atoms with Crippen LogP contribution in [0.3, 0.4) is 0 Å². The van der Waals surface area contributed by atoms with Crippen LogP contribution in [-0.4, -0.2) is 60.5 Å². The molecule has 1 heterocycles. The van der Waals surface area contributed by atoms with Gasteiger partial charge in [0.1, 0.15) is 5.82 Å². The molecule has 2 aliphatic rings. The number of amides is 3. The fraction of sp³-hybridized carbons (Fsp3) is 0.652. The number of nitrogens with zero attached hydrogens (tertiary/aromatic N) is 2. The van der Waals surface area contributed by atoms with Gasteiger partial charge in [-0.15, -0.1) is 0 Å². The maximum absolute atomic E-state index is 13.3. The van der Waals surface area contributed by atoms with Crippen LogP contribution in [0.2, 0.25) is 0 Å². The fourth-order valence-electron chi connectivity index (χ4n) is 4.45. The van der Waals surface area contributed by atoms with Gasteiger partial charge in [0.25, 0.3) is 0 Å². The van der Waals surface area contributed by atoms with E-state index in [1.165, 1.54) is 25.0 Å². The standard InChI is InChI=1S/C23H35FN4O2/c1-3-17(2)16-25-22(29)21(18-7-4-5-8-18)27-11-13-28(14-12-27)23(30)26-20-10-6-9-19(24)15-20/h6,9-10,15,17-18,21H,3-5,7-8,11-14,16H2,1-2H3,(H,25,29)(H,26,30)/t17-,21-/m1/s1. The smallest absolute Gasteiger partial charge is 0.321 e. The van der Waals surface area contributed by atoms with Gasteiger partial charge in [0.15, 0.2) is 0 Å². The second-order valence-electron chi connectivity index (χ2n) is 8.71. The summed E-state index contributed by atoms with van der Waals surface area (Å²) in [5, 5.41) is 5.93. The highest BCUT2D eigenvalue weighted by molar-refractivity contribution is 5.89. The monoisotopic (exact) mass is 418 g/mol. The predicted octanol–water partition coefficient (Wildman–Crippen LogP) is 3.70. The normalized spacial score (nSPS) is 20.0. The van der Waals surface area contributed by atoms with Crippen molar-refractivity contribution in [2.75, 3.05) is 38.0 Å². The Bertz CT molecular complexity index is 715. The first-order chi connectivity index (χ1) is 14.5. The van der Waals surface area contributed by atoms with E-state index in [0.717, 1.165) is 19.3 Å². The van der Waals surface area contributed by atoms with E-state index in [1.54, 1.807) is 17.0 Å². The summed E-state index contributed by atoms with van der Waals surface area (Å²) in [5.41, 5.74) is 0.454. The average Bonchev–Trinajstić information content (AvgIpc) is 3.27. The summed E-state index contributed by atoms with van der Waals surface area (Å²) >= 11 is 0. The van der Waals surface area contributed by atoms with Crippen molar-refractivity contribution in [3.8, 4) is 0 Å². The van der Waals surface area contributed by atoms with Gasteiger partial charge < -0.3 is 15.5 Å². The zero-order chi connectivity index (χ0) is 21.5. The van der Waals surface area contributed by atoms with Gasteiger partial charge in [-0.3, -0.25) is 9.69 Å². The van der Waals surface area contributed by atoms with E-state index < -0.39 is 0 Å². The first kappa shape index (κ1) is 22.5. The van der Waals surface area contributed by atoms with E-state index in [0.29, 0.717) is 50.2 Å². The number of carbonyl (C=O) groups is 2. The fourth-order valence-corrected chi connectivity index (χ4v) is 4.45. The van der Waals surface area contributed by atoms with Crippen LogP contribution in [0.25, 0.3) is 0 Å². The summed E-state index contributed by atoms with van der Waals surface area (Å²) in [7, 11) is 0. The summed E-state index contributed by atoms with van der Waals surface area (Å²) in [5.74, 6) is 0.636. The summed E-state index contributed by atoms with van der Waals surface area (Å²) in [6.07, 6.45) is 5.63. The van der Waals surface area contributed by atoms with E-state index in [1.807, 2.05) is 0 Å². The molecule has 2 fully saturated rings. The van der Waals surface area contributed by atoms with Gasteiger partial charge in [0.2, 0.25) is 5.91 Å². The lowest BCUT2D eigenvalue weighted by molar-refractivity contribution is -0.129. The van der Waals surface area contributed by atoms with Crippen molar-refractivity contribution in [3.63, 3.8) is 0 Å². The molecule has 0 spiro atoms. The highest BCUT2D eigenvalue weighted by atomic mass is 19.1. The Kier molecular flexibility index (Phi) is 8.08. The number of halogens is 1. The minimum atomic E-state index is -0.375. The Balaban J connectivity index is 1.56. The first-order valence-corrected chi connectivity index (χ1v) is 11.3. The number of anilines is 1. The number of piperazine rings is 1. The summed E-state index contributed by atoms with van der Waals surface area (Å²) in [6.45, 7) is 7.48. The number of urea groups is 1. The lowest BCUT2D eigenvalue weighted by atomic mass is 9.94. The third-order valence-electron chi connectivity index (χ3n) is 6.51. The molecule has 3 rings (SSSR count). The number of hydrogen-bond acceptors (Lipinski definition) is 3. The molecule has 1 saturated carbocycles. The van der Waals surface area contributed by atoms with Crippen molar-refractivity contribution in [1.82, 2.24) is 15.1 Å². The van der Waals surface area contributed by atoms with Crippen molar-refractivity contribution >= 4 is 17.6 Å². The minimum absolute atomic E-state index is 0.106. The molecular formula is C23H35FN4O2. The molecule has 3 amide bonds. The molecule has 1 aliphatic carbocycles. The molecule has 2 N–H and O–H groups in total. The molecule has 0 aromatic heterocycles. The van der Waals surface area contributed by atoms with Gasteiger partial charge >= 0.3 is 6.03 Å². The number of carbonyl (C=O) groups excluding carboxylic acids is 2. The second kappa shape index (κ2) is 10.8. The Morgan fingerprint density at radius 3 is 2.50 bits per heavy atom. The van der Waals surface area contributed by atoms with Crippen LogP contribution in [0.1, 0.15) is 46.0 Å². The molecule has 1 aromatic carbocycles. The number of benzene rings is 1. The van der Waals surface area contributed by atoms with Crippen LogP contribution in [0, 0.1) is 17.7 Å². The van der Waals surface area contributed by atoms with Crippen LogP contribution in [0.15, 0.2) is 24.3 Å². The Morgan fingerprint density at radius 1 is 1.17 bits per heavy atom. The Morgan fingerprint density at radius 2 is 1.87 bits per heavy atom. The molecule has 2 atom stereocenters. The first-order valence-electron chi connectivity index (χ1n) is 11.3. The van der Waals surface area contributed by atoms with Gasteiger partial charge in [0, 0.05) is 38.4 Å². The maximum atomic E-state index is 13.3. The highest BCUT2D eigenvalue weighted by Crippen LogP contribution is 2.31. The maximum Gasteiger partial charge on any atom is 0.321 e. The van der Waals surface area contributed by atoms with Crippen LogP contribution >= 0.6 is 0 Å². The van der Waals surface area contributed by atoms with Crippen molar-refractivity contribution in [2.45, 2.75) is 52.0 Å². The summed E-state index contributed by atoms with van der Waals surface area (Å²) in [4.78, 5) is 29.6. The van der Waals surface area contributed by atoms with Crippen LogP contribution in [0.4, 0.5) is 14.9 Å². The third kappa shape index (κ3) is 5.94. The molecule has 30 heavy (non-hydrogen) atoms. The molecule has 6 nitrogen and oxygen atoms in total. The topological polar surface area (TPSA) is 64.7 Å². The van der Waals surface area contributed by atoms with Crippen LogP contribution in [-0.2, 0) is 4.79 Å². The number of hydrogen-bond donors (Lipinski definition) is 2. The zero-order valence-corrected chi connectivity index (χ0v) is 18.2. The molecule has 1 aliphatic heterocycles. The Labute approximate surface area is 179 Å². The summed E-state index contributed by atoms with van der Waals surface area (Å²) in [6, 6.07) is 5.58. The van der Waals surface area contributed by atoms with E-state index in [4.69, 9.17) is 0 Å². The van der Waals surface area contributed by atoms with Gasteiger partial charge in [-0.1, -0.05) is 39.2 Å². The van der Waals surface area contributed by atoms with Crippen molar-refractivity contribution in [3.05, 3.63) is 30.1 Å².